The summed E-state index contributed by atoms with van der Waals surface area (Å²) in [6.07, 6.45) is 0. The number of anilines is 1. The van der Waals surface area contributed by atoms with E-state index in [9.17, 15) is 19.5 Å². The summed E-state index contributed by atoms with van der Waals surface area (Å²) >= 11 is 0.853. The van der Waals surface area contributed by atoms with Crippen LogP contribution in [0.1, 0.15) is 21.5 Å². The van der Waals surface area contributed by atoms with Crippen LogP contribution < -0.4 is 5.32 Å². The molecule has 0 spiro atoms. The molecule has 0 bridgehead atoms. The normalized spacial score (nSPS) is 17.0. The predicted molar refractivity (Wildman–Crippen MR) is 95.5 cm³/mol. The molecule has 0 aliphatic carbocycles. The Balaban J connectivity index is 1.75. The second-order valence-corrected chi connectivity index (χ2v) is 6.73. The summed E-state index contributed by atoms with van der Waals surface area (Å²) in [4.78, 5) is 37.2. The molecule has 1 unspecified atom stereocenters. The summed E-state index contributed by atoms with van der Waals surface area (Å²) in [5.74, 6) is -1.47. The van der Waals surface area contributed by atoms with Crippen LogP contribution in [0.2, 0.25) is 0 Å². The number of carbonyl (C=O) groups excluding carboxylic acids is 2. The Bertz CT molecular complexity index is 835. The molecular weight excluding hydrogens is 340 g/mol. The van der Waals surface area contributed by atoms with Crippen molar-refractivity contribution in [2.24, 2.45) is 0 Å². The van der Waals surface area contributed by atoms with Crippen LogP contribution in [0, 0.1) is 6.92 Å². The van der Waals surface area contributed by atoms with Crippen molar-refractivity contribution >= 4 is 34.6 Å². The van der Waals surface area contributed by atoms with Gasteiger partial charge in [-0.05, 0) is 36.4 Å². The van der Waals surface area contributed by atoms with Gasteiger partial charge in [0.25, 0.3) is 11.1 Å². The molecule has 3 rings (SSSR count). The molecule has 128 valence electrons. The van der Waals surface area contributed by atoms with Crippen LogP contribution in [0.3, 0.4) is 0 Å². The number of carboxylic acids is 1. The Kier molecular flexibility index (Phi) is 4.76. The lowest BCUT2D eigenvalue weighted by molar-refractivity contribution is -0.126. The molecule has 0 radical (unpaired) electrons. The first-order valence-electron chi connectivity index (χ1n) is 7.62. The molecule has 2 aromatic carbocycles. The van der Waals surface area contributed by atoms with Crippen molar-refractivity contribution in [3.8, 4) is 0 Å². The number of benzene rings is 2. The Hall–Kier alpha value is -2.80. The van der Waals surface area contributed by atoms with Gasteiger partial charge in [0.15, 0.2) is 5.37 Å². The minimum atomic E-state index is -1.10. The number of carbonyl (C=O) groups is 3. The molecule has 6 nitrogen and oxygen atoms in total. The number of hydrogen-bond donors (Lipinski definition) is 2. The summed E-state index contributed by atoms with van der Waals surface area (Å²) in [6.45, 7) is 2.16. The first-order valence-corrected chi connectivity index (χ1v) is 8.50. The third kappa shape index (κ3) is 3.66. The average molecular weight is 356 g/mol. The molecule has 0 saturated carbocycles. The van der Waals surface area contributed by atoms with Crippen LogP contribution in [0.25, 0.3) is 0 Å². The first-order chi connectivity index (χ1) is 12.0. The van der Waals surface area contributed by atoms with Crippen molar-refractivity contribution in [2.45, 2.75) is 18.8 Å². The predicted octanol–water partition coefficient (Wildman–Crippen LogP) is 3.33. The largest absolute Gasteiger partial charge is 0.478 e. The monoisotopic (exact) mass is 356 g/mol. The summed E-state index contributed by atoms with van der Waals surface area (Å²) < 4.78 is 0. The van der Waals surface area contributed by atoms with E-state index in [1.165, 1.54) is 11.0 Å². The Morgan fingerprint density at radius 1 is 1.16 bits per heavy atom. The number of imide groups is 1. The van der Waals surface area contributed by atoms with Gasteiger partial charge in [-0.25, -0.2) is 4.79 Å². The standard InChI is InChI=1S/C18H16N2O4S/c1-11-6-8-12(9-7-11)10-20-16(21)15(25-18(20)24)19-14-5-3-2-4-13(14)17(22)23/h2-9,15,19H,10H2,1H3,(H,22,23). The summed E-state index contributed by atoms with van der Waals surface area (Å²) in [5, 5.41) is 10.9. The molecule has 1 fully saturated rings. The Labute approximate surface area is 148 Å². The van der Waals surface area contributed by atoms with Gasteiger partial charge in [0.05, 0.1) is 12.1 Å². The van der Waals surface area contributed by atoms with E-state index in [1.807, 2.05) is 31.2 Å². The molecule has 0 aromatic heterocycles. The molecule has 2 aromatic rings. The van der Waals surface area contributed by atoms with Gasteiger partial charge in [0.1, 0.15) is 0 Å². The van der Waals surface area contributed by atoms with Crippen molar-refractivity contribution in [3.63, 3.8) is 0 Å². The average Bonchev–Trinajstić information content (AvgIpc) is 2.84. The summed E-state index contributed by atoms with van der Waals surface area (Å²) in [7, 11) is 0. The van der Waals surface area contributed by atoms with Crippen LogP contribution >= 0.6 is 11.8 Å². The molecule has 1 aliphatic heterocycles. The third-order valence-corrected chi connectivity index (χ3v) is 4.81. The topological polar surface area (TPSA) is 86.7 Å². The van der Waals surface area contributed by atoms with Crippen LogP contribution in [-0.4, -0.2) is 32.5 Å². The number of nitrogens with zero attached hydrogens (tertiary/aromatic N) is 1. The highest BCUT2D eigenvalue weighted by Gasteiger charge is 2.40. The molecule has 1 heterocycles. The lowest BCUT2D eigenvalue weighted by Gasteiger charge is -2.16. The Morgan fingerprint density at radius 2 is 1.84 bits per heavy atom. The van der Waals surface area contributed by atoms with E-state index in [4.69, 9.17) is 0 Å². The molecule has 1 aliphatic rings. The van der Waals surface area contributed by atoms with Crippen molar-refractivity contribution in [1.82, 2.24) is 4.90 Å². The minimum absolute atomic E-state index is 0.0559. The Morgan fingerprint density at radius 3 is 2.52 bits per heavy atom. The maximum Gasteiger partial charge on any atom is 0.337 e. The molecule has 2 amide bonds. The molecule has 1 atom stereocenters. The highest BCUT2D eigenvalue weighted by Crippen LogP contribution is 2.30. The van der Waals surface area contributed by atoms with Gasteiger partial charge >= 0.3 is 5.97 Å². The number of para-hydroxylation sites is 1. The zero-order valence-corrected chi connectivity index (χ0v) is 14.2. The van der Waals surface area contributed by atoms with E-state index in [0.29, 0.717) is 5.69 Å². The van der Waals surface area contributed by atoms with E-state index in [-0.39, 0.29) is 23.3 Å². The number of thioether (sulfide) groups is 1. The first kappa shape index (κ1) is 17.0. The molecular formula is C18H16N2O4S. The molecule has 1 saturated heterocycles. The SMILES string of the molecule is Cc1ccc(CN2C(=O)SC(Nc3ccccc3C(=O)O)C2=O)cc1. The maximum atomic E-state index is 12.5. The fraction of sp³-hybridized carbons (Fsp3) is 0.167. The van der Waals surface area contributed by atoms with Crippen LogP contribution in [0.5, 0.6) is 0 Å². The van der Waals surface area contributed by atoms with Gasteiger partial charge in [-0.1, -0.05) is 42.0 Å². The maximum absolute atomic E-state index is 12.5. The lowest BCUT2D eigenvalue weighted by atomic mass is 10.1. The van der Waals surface area contributed by atoms with Gasteiger partial charge < -0.3 is 10.4 Å². The molecule has 25 heavy (non-hydrogen) atoms. The van der Waals surface area contributed by atoms with Gasteiger partial charge in [0, 0.05) is 5.69 Å². The quantitative estimate of drug-likeness (QED) is 0.855. The van der Waals surface area contributed by atoms with Gasteiger partial charge in [-0.15, -0.1) is 0 Å². The van der Waals surface area contributed by atoms with Gasteiger partial charge in [-0.2, -0.15) is 0 Å². The van der Waals surface area contributed by atoms with Crippen LogP contribution in [0.15, 0.2) is 48.5 Å². The number of aryl methyl sites for hydroxylation is 1. The van der Waals surface area contributed by atoms with Crippen molar-refractivity contribution in [3.05, 3.63) is 65.2 Å². The fourth-order valence-electron chi connectivity index (χ4n) is 2.49. The van der Waals surface area contributed by atoms with Crippen molar-refractivity contribution in [1.29, 1.82) is 0 Å². The lowest BCUT2D eigenvalue weighted by Crippen LogP contribution is -2.34. The number of aromatic carboxylic acids is 1. The number of carboxylic acid groups (broad SMARTS) is 1. The summed E-state index contributed by atoms with van der Waals surface area (Å²) in [6, 6.07) is 13.9. The number of rotatable bonds is 5. The fourth-order valence-corrected chi connectivity index (χ4v) is 3.39. The van der Waals surface area contributed by atoms with E-state index >= 15 is 0 Å². The van der Waals surface area contributed by atoms with Crippen molar-refractivity contribution in [2.75, 3.05) is 5.32 Å². The second-order valence-electron chi connectivity index (χ2n) is 5.67. The second kappa shape index (κ2) is 6.98. The van der Waals surface area contributed by atoms with Crippen LogP contribution in [0.4, 0.5) is 10.5 Å². The minimum Gasteiger partial charge on any atom is -0.478 e. The highest BCUT2D eigenvalue weighted by molar-refractivity contribution is 8.15. The van der Waals surface area contributed by atoms with Crippen molar-refractivity contribution < 1.29 is 19.5 Å². The van der Waals surface area contributed by atoms with E-state index in [2.05, 4.69) is 5.32 Å². The molecule has 7 heteroatoms. The summed E-state index contributed by atoms with van der Waals surface area (Å²) in [5.41, 5.74) is 2.33. The number of hydrogen-bond acceptors (Lipinski definition) is 5. The third-order valence-electron chi connectivity index (χ3n) is 3.83. The van der Waals surface area contributed by atoms with E-state index < -0.39 is 11.3 Å². The zero-order chi connectivity index (χ0) is 18.0. The molecule has 2 N–H and O–H groups in total. The van der Waals surface area contributed by atoms with Crippen LogP contribution in [-0.2, 0) is 11.3 Å². The van der Waals surface area contributed by atoms with E-state index in [0.717, 1.165) is 22.9 Å². The highest BCUT2D eigenvalue weighted by atomic mass is 32.2. The smallest absolute Gasteiger partial charge is 0.337 e. The van der Waals surface area contributed by atoms with Gasteiger partial charge in [-0.3, -0.25) is 14.5 Å². The van der Waals surface area contributed by atoms with Gasteiger partial charge in [0.2, 0.25) is 0 Å². The number of amides is 2. The zero-order valence-electron chi connectivity index (χ0n) is 13.4. The number of nitrogens with one attached hydrogen (secondary N) is 1. The van der Waals surface area contributed by atoms with E-state index in [1.54, 1.807) is 18.2 Å².